The highest BCUT2D eigenvalue weighted by Crippen LogP contribution is 2.31. The van der Waals surface area contributed by atoms with Crippen LogP contribution in [-0.4, -0.2) is 40.6 Å². The van der Waals surface area contributed by atoms with Crippen LogP contribution >= 0.6 is 22.7 Å². The Kier molecular flexibility index (Phi) is 5.18. The zero-order chi connectivity index (χ0) is 21.4. The van der Waals surface area contributed by atoms with Crippen LogP contribution in [0, 0.1) is 0 Å². The molecule has 30 heavy (non-hydrogen) atoms. The van der Waals surface area contributed by atoms with Crippen molar-refractivity contribution in [3.8, 4) is 10.6 Å². The van der Waals surface area contributed by atoms with Crippen molar-refractivity contribution in [2.45, 2.75) is 13.5 Å². The Hall–Kier alpha value is -3.37. The van der Waals surface area contributed by atoms with Crippen LogP contribution in [0.15, 0.2) is 35.7 Å². The number of carbonyl (C=O) groups excluding carboxylic acids is 4. The van der Waals surface area contributed by atoms with Crippen molar-refractivity contribution in [2.24, 2.45) is 0 Å². The maximum absolute atomic E-state index is 12.6. The SMILES string of the molecule is CC(=O)NCc1ccc(-c2csc(NC(=O)c3ccc4c(c3)C(=O)N(C)C4=O)n2)s1. The Labute approximate surface area is 179 Å². The fraction of sp³-hybridized carbons (Fsp3) is 0.150. The van der Waals surface area contributed by atoms with E-state index < -0.39 is 11.8 Å². The molecule has 3 aromatic rings. The molecular formula is C20H16N4O4S2. The molecule has 8 nitrogen and oxygen atoms in total. The second-order valence-corrected chi connectivity index (χ2v) is 8.62. The van der Waals surface area contributed by atoms with Crippen LogP contribution in [-0.2, 0) is 11.3 Å². The Balaban J connectivity index is 1.47. The minimum atomic E-state index is -0.422. The van der Waals surface area contributed by atoms with Gasteiger partial charge in [0.2, 0.25) is 5.91 Å². The van der Waals surface area contributed by atoms with Crippen molar-refractivity contribution in [2.75, 3.05) is 12.4 Å². The highest BCUT2D eigenvalue weighted by atomic mass is 32.1. The quantitative estimate of drug-likeness (QED) is 0.593. The molecule has 2 aromatic heterocycles. The predicted molar refractivity (Wildman–Crippen MR) is 114 cm³/mol. The van der Waals surface area contributed by atoms with Gasteiger partial charge in [-0.3, -0.25) is 29.4 Å². The summed E-state index contributed by atoms with van der Waals surface area (Å²) < 4.78 is 0. The summed E-state index contributed by atoms with van der Waals surface area (Å²) in [6.07, 6.45) is 0. The van der Waals surface area contributed by atoms with E-state index in [1.54, 1.807) is 0 Å². The predicted octanol–water partition coefficient (Wildman–Crippen LogP) is 2.99. The summed E-state index contributed by atoms with van der Waals surface area (Å²) in [5.41, 5.74) is 1.52. The van der Waals surface area contributed by atoms with Crippen LogP contribution in [0.3, 0.4) is 0 Å². The molecule has 10 heteroatoms. The summed E-state index contributed by atoms with van der Waals surface area (Å²) in [5, 5.41) is 7.74. The lowest BCUT2D eigenvalue weighted by molar-refractivity contribution is -0.119. The molecule has 4 rings (SSSR count). The highest BCUT2D eigenvalue weighted by molar-refractivity contribution is 7.17. The maximum atomic E-state index is 12.6. The standard InChI is InChI=1S/C20H16N4O4S2/c1-10(25)21-8-12-4-6-16(30-12)15-9-29-20(22-15)23-17(26)11-3-5-13-14(7-11)19(28)24(2)18(13)27/h3-7,9H,8H2,1-2H3,(H,21,25)(H,22,23,26). The molecule has 1 aliphatic rings. The van der Waals surface area contributed by atoms with Gasteiger partial charge in [-0.1, -0.05) is 0 Å². The van der Waals surface area contributed by atoms with E-state index in [1.165, 1.54) is 54.8 Å². The van der Waals surface area contributed by atoms with Gasteiger partial charge in [-0.15, -0.1) is 22.7 Å². The number of imide groups is 1. The van der Waals surface area contributed by atoms with E-state index in [0.717, 1.165) is 20.3 Å². The van der Waals surface area contributed by atoms with E-state index >= 15 is 0 Å². The second kappa shape index (κ2) is 7.81. The van der Waals surface area contributed by atoms with Crippen molar-refractivity contribution < 1.29 is 19.2 Å². The first-order valence-corrected chi connectivity index (χ1v) is 10.6. The fourth-order valence-electron chi connectivity index (χ4n) is 2.94. The molecule has 0 atom stereocenters. The smallest absolute Gasteiger partial charge is 0.261 e. The topological polar surface area (TPSA) is 108 Å². The van der Waals surface area contributed by atoms with Crippen LogP contribution in [0.2, 0.25) is 0 Å². The molecule has 152 valence electrons. The van der Waals surface area contributed by atoms with Crippen LogP contribution in [0.5, 0.6) is 0 Å². The third-order valence-electron chi connectivity index (χ3n) is 4.50. The van der Waals surface area contributed by atoms with E-state index in [2.05, 4.69) is 15.6 Å². The number of benzene rings is 1. The van der Waals surface area contributed by atoms with E-state index in [4.69, 9.17) is 0 Å². The summed E-state index contributed by atoms with van der Waals surface area (Å²) in [4.78, 5) is 55.1. The molecule has 0 bridgehead atoms. The van der Waals surface area contributed by atoms with Crippen molar-refractivity contribution in [1.82, 2.24) is 15.2 Å². The van der Waals surface area contributed by atoms with E-state index in [9.17, 15) is 19.2 Å². The molecule has 4 amide bonds. The number of thiazole rings is 1. The molecular weight excluding hydrogens is 424 g/mol. The van der Waals surface area contributed by atoms with Crippen LogP contribution in [0.1, 0.15) is 42.9 Å². The number of fused-ring (bicyclic) bond motifs is 1. The number of amides is 4. The van der Waals surface area contributed by atoms with E-state index in [-0.39, 0.29) is 22.9 Å². The molecule has 0 saturated carbocycles. The first kappa shape index (κ1) is 19.9. The van der Waals surface area contributed by atoms with Gasteiger partial charge < -0.3 is 5.32 Å². The summed E-state index contributed by atoms with van der Waals surface area (Å²) in [7, 11) is 1.41. The Morgan fingerprint density at radius 3 is 2.63 bits per heavy atom. The number of rotatable bonds is 5. The van der Waals surface area contributed by atoms with E-state index in [1.807, 2.05) is 17.5 Å². The number of anilines is 1. The van der Waals surface area contributed by atoms with Gasteiger partial charge in [-0.2, -0.15) is 0 Å². The molecule has 1 aliphatic heterocycles. The molecule has 0 spiro atoms. The number of hydrogen-bond acceptors (Lipinski definition) is 7. The van der Waals surface area contributed by atoms with Crippen molar-refractivity contribution in [3.63, 3.8) is 0 Å². The Morgan fingerprint density at radius 1 is 1.10 bits per heavy atom. The maximum Gasteiger partial charge on any atom is 0.261 e. The molecule has 3 heterocycles. The third kappa shape index (κ3) is 3.74. The molecule has 2 N–H and O–H groups in total. The van der Waals surface area contributed by atoms with Crippen molar-refractivity contribution in [1.29, 1.82) is 0 Å². The van der Waals surface area contributed by atoms with Gasteiger partial charge in [0.15, 0.2) is 5.13 Å². The molecule has 0 aliphatic carbocycles. The normalized spacial score (nSPS) is 12.8. The lowest BCUT2D eigenvalue weighted by atomic mass is 10.1. The average molecular weight is 441 g/mol. The van der Waals surface area contributed by atoms with Crippen molar-refractivity contribution in [3.05, 3.63) is 57.3 Å². The molecule has 0 saturated heterocycles. The zero-order valence-electron chi connectivity index (χ0n) is 16.0. The van der Waals surface area contributed by atoms with Crippen molar-refractivity contribution >= 4 is 51.4 Å². The fourth-order valence-corrected chi connectivity index (χ4v) is 4.63. The van der Waals surface area contributed by atoms with E-state index in [0.29, 0.717) is 17.2 Å². The summed E-state index contributed by atoms with van der Waals surface area (Å²) in [6, 6.07) is 8.27. The van der Waals surface area contributed by atoms with Gasteiger partial charge >= 0.3 is 0 Å². The van der Waals surface area contributed by atoms with Gasteiger partial charge in [0.05, 0.1) is 28.2 Å². The lowest BCUT2D eigenvalue weighted by Gasteiger charge is -2.03. The number of thiophene rings is 1. The average Bonchev–Trinajstić information content (AvgIpc) is 3.43. The first-order valence-electron chi connectivity index (χ1n) is 8.90. The largest absolute Gasteiger partial charge is 0.351 e. The molecule has 0 fully saturated rings. The minimum absolute atomic E-state index is 0.0899. The monoisotopic (exact) mass is 440 g/mol. The summed E-state index contributed by atoms with van der Waals surface area (Å²) in [6.45, 7) is 1.93. The summed E-state index contributed by atoms with van der Waals surface area (Å²) >= 11 is 2.80. The van der Waals surface area contributed by atoms with Crippen LogP contribution in [0.25, 0.3) is 10.6 Å². The highest BCUT2D eigenvalue weighted by Gasteiger charge is 2.33. The van der Waals surface area contributed by atoms with Crippen LogP contribution in [0.4, 0.5) is 5.13 Å². The van der Waals surface area contributed by atoms with Crippen LogP contribution < -0.4 is 10.6 Å². The second-order valence-electron chi connectivity index (χ2n) is 6.60. The molecule has 0 unspecified atom stereocenters. The Morgan fingerprint density at radius 2 is 1.87 bits per heavy atom. The van der Waals surface area contributed by atoms with Gasteiger partial charge in [-0.25, -0.2) is 4.98 Å². The van der Waals surface area contributed by atoms with Gasteiger partial charge in [-0.05, 0) is 30.3 Å². The number of hydrogen-bond donors (Lipinski definition) is 2. The minimum Gasteiger partial charge on any atom is -0.351 e. The number of nitrogens with zero attached hydrogens (tertiary/aromatic N) is 2. The van der Waals surface area contributed by atoms with Gasteiger partial charge in [0.25, 0.3) is 17.7 Å². The molecule has 0 radical (unpaired) electrons. The first-order chi connectivity index (χ1) is 14.3. The summed E-state index contributed by atoms with van der Waals surface area (Å²) in [5.74, 6) is -1.30. The molecule has 1 aromatic carbocycles. The zero-order valence-corrected chi connectivity index (χ0v) is 17.6. The Bertz CT molecular complexity index is 1200. The van der Waals surface area contributed by atoms with Gasteiger partial charge in [0.1, 0.15) is 0 Å². The lowest BCUT2D eigenvalue weighted by Crippen LogP contribution is -2.24. The number of nitrogens with one attached hydrogen (secondary N) is 2. The number of carbonyl (C=O) groups is 4. The number of aromatic nitrogens is 1. The third-order valence-corrected chi connectivity index (χ3v) is 6.37. The van der Waals surface area contributed by atoms with Gasteiger partial charge in [0, 0.05) is 29.8 Å².